The zero-order chi connectivity index (χ0) is 55.7. The normalized spacial score (nSPS) is 26.9. The molecule has 0 aromatic carbocycles. The molecule has 0 N–H and O–H groups in total. The summed E-state index contributed by atoms with van der Waals surface area (Å²) in [6, 6.07) is 0. The quantitative estimate of drug-likeness (QED) is 0.0447. The van der Waals surface area contributed by atoms with Crippen molar-refractivity contribution in [2.24, 2.45) is 76.9 Å². The van der Waals surface area contributed by atoms with E-state index in [9.17, 15) is 9.59 Å². The monoisotopic (exact) mass is 1090 g/mol. The number of nitrogens with zero attached hydrogens (tertiary/aromatic N) is 1. The highest BCUT2D eigenvalue weighted by Crippen LogP contribution is 2.54. The van der Waals surface area contributed by atoms with Crippen molar-refractivity contribution in [2.45, 2.75) is 331 Å². The van der Waals surface area contributed by atoms with Crippen LogP contribution in [0.2, 0.25) is 0 Å². The van der Waals surface area contributed by atoms with Crippen LogP contribution in [0.1, 0.15) is 319 Å². The summed E-state index contributed by atoms with van der Waals surface area (Å²) in [5.74, 6) is 12.9. The third kappa shape index (κ3) is 31.2. The Hall–Kier alpha value is -0.820. The lowest BCUT2D eigenvalue weighted by atomic mass is 9.98. The van der Waals surface area contributed by atoms with Gasteiger partial charge in [0.25, 0.3) is 0 Å². The van der Waals surface area contributed by atoms with E-state index in [1.54, 1.807) is 0 Å². The van der Waals surface area contributed by atoms with Crippen LogP contribution < -0.4 is 0 Å². The van der Waals surface area contributed by atoms with Crippen molar-refractivity contribution >= 4 is 11.6 Å². The standard InChI is InChI=1S/C72H133NO5/c1-9-14-23-44-73(46-25-20-16-18-22-29-70(75)38-40-72(77-47-41-58(8)33-36-62-50-59(62)12-4)78-49-43-65-53-64(65)35-32-57(7)11-3)45-24-19-15-17-21-28-69(74)37-39-71(30-26-27-61-52-63(61)34-31-56(6)10-2)76-48-42-66-54-68(66)55-67-51-60(67)13-5/h56-68,71-72H,9-55H2,1-8H3. The summed E-state index contributed by atoms with van der Waals surface area (Å²) in [5, 5.41) is 0. The Kier molecular flexibility index (Phi) is 35.2. The fourth-order valence-corrected chi connectivity index (χ4v) is 14.1. The highest BCUT2D eigenvalue weighted by molar-refractivity contribution is 5.78. The first-order chi connectivity index (χ1) is 38.0. The van der Waals surface area contributed by atoms with E-state index >= 15 is 0 Å². The minimum Gasteiger partial charge on any atom is -0.378 e. The maximum absolute atomic E-state index is 13.2. The van der Waals surface area contributed by atoms with E-state index in [-0.39, 0.29) is 12.4 Å². The van der Waals surface area contributed by atoms with Gasteiger partial charge in [0.1, 0.15) is 11.6 Å². The van der Waals surface area contributed by atoms with Gasteiger partial charge in [-0.2, -0.15) is 0 Å². The molecule has 5 saturated carbocycles. The second kappa shape index (κ2) is 40.4. The molecule has 78 heavy (non-hydrogen) atoms. The molecule has 6 heteroatoms. The maximum atomic E-state index is 13.2. The van der Waals surface area contributed by atoms with Crippen LogP contribution in [-0.4, -0.2) is 68.3 Å². The van der Waals surface area contributed by atoms with Crippen LogP contribution in [0.15, 0.2) is 0 Å². The fraction of sp³-hybridized carbons (Fsp3) is 0.972. The smallest absolute Gasteiger partial charge is 0.157 e. The van der Waals surface area contributed by atoms with Crippen LogP contribution in [0.5, 0.6) is 0 Å². The SMILES string of the molecule is CCCCCN(CCCCCCCC(=O)CCC(CCCC1CC1CCC(C)CC)OCCC1CC1CC1CC1CC)CCCCCCCC(=O)CCC(OCCC(C)CCC1CC1CC)OCCC1CC1CCC(C)CC. The zero-order valence-corrected chi connectivity index (χ0v) is 53.4. The van der Waals surface area contributed by atoms with E-state index in [1.165, 1.54) is 206 Å². The molecular weight excluding hydrogens is 959 g/mol. The van der Waals surface area contributed by atoms with E-state index in [1.807, 2.05) is 0 Å². The van der Waals surface area contributed by atoms with E-state index in [0.29, 0.717) is 43.2 Å². The highest BCUT2D eigenvalue weighted by Gasteiger charge is 2.44. The molecule has 0 radical (unpaired) electrons. The maximum Gasteiger partial charge on any atom is 0.157 e. The van der Waals surface area contributed by atoms with Crippen LogP contribution in [0, 0.1) is 76.9 Å². The van der Waals surface area contributed by atoms with Gasteiger partial charge >= 0.3 is 0 Å². The third-order valence-electron chi connectivity index (χ3n) is 21.5. The summed E-state index contributed by atoms with van der Waals surface area (Å²) in [7, 11) is 0. The van der Waals surface area contributed by atoms with Crippen LogP contribution >= 0.6 is 0 Å². The van der Waals surface area contributed by atoms with Crippen molar-refractivity contribution in [1.29, 1.82) is 0 Å². The summed E-state index contributed by atoms with van der Waals surface area (Å²) in [6.07, 6.45) is 50.0. The van der Waals surface area contributed by atoms with Gasteiger partial charge in [-0.25, -0.2) is 0 Å². The summed E-state index contributed by atoms with van der Waals surface area (Å²) in [5.41, 5.74) is 0. The fourth-order valence-electron chi connectivity index (χ4n) is 14.1. The molecule has 5 aliphatic carbocycles. The predicted molar refractivity (Wildman–Crippen MR) is 332 cm³/mol. The second-order valence-corrected chi connectivity index (χ2v) is 28.4. The molecule has 456 valence electrons. The van der Waals surface area contributed by atoms with Crippen LogP contribution in [0.3, 0.4) is 0 Å². The van der Waals surface area contributed by atoms with Crippen molar-refractivity contribution < 1.29 is 23.8 Å². The minimum absolute atomic E-state index is 0.236. The molecule has 0 bridgehead atoms. The van der Waals surface area contributed by atoms with Crippen LogP contribution in [0.25, 0.3) is 0 Å². The number of unbranched alkanes of at least 4 members (excludes halogenated alkanes) is 10. The average Bonchev–Trinajstić information content (AvgIpc) is 4.19. The van der Waals surface area contributed by atoms with Crippen molar-refractivity contribution in [3.63, 3.8) is 0 Å². The number of carbonyl (C=O) groups excluding carboxylic acids is 2. The molecule has 5 fully saturated rings. The lowest BCUT2D eigenvalue weighted by molar-refractivity contribution is -0.152. The number of hydrogen-bond acceptors (Lipinski definition) is 6. The summed E-state index contributed by atoms with van der Waals surface area (Å²) >= 11 is 0. The lowest BCUT2D eigenvalue weighted by Gasteiger charge is -2.22. The molecule has 6 nitrogen and oxygen atoms in total. The molecule has 0 spiro atoms. The lowest BCUT2D eigenvalue weighted by Crippen LogP contribution is -2.27. The van der Waals surface area contributed by atoms with Gasteiger partial charge < -0.3 is 19.1 Å². The molecule has 5 rings (SSSR count). The first-order valence-electron chi connectivity index (χ1n) is 35.6. The minimum atomic E-state index is -0.236. The number of ether oxygens (including phenoxy) is 3. The summed E-state index contributed by atoms with van der Waals surface area (Å²) in [6.45, 7) is 25.0. The summed E-state index contributed by atoms with van der Waals surface area (Å²) < 4.78 is 19.4. The largest absolute Gasteiger partial charge is 0.378 e. The molecule has 0 aromatic rings. The van der Waals surface area contributed by atoms with Gasteiger partial charge in [-0.1, -0.05) is 165 Å². The number of carbonyl (C=O) groups is 2. The summed E-state index contributed by atoms with van der Waals surface area (Å²) in [4.78, 5) is 29.0. The first kappa shape index (κ1) is 68.0. The number of rotatable bonds is 57. The van der Waals surface area contributed by atoms with Gasteiger partial charge in [0, 0.05) is 45.3 Å². The molecule has 0 aliphatic heterocycles. The van der Waals surface area contributed by atoms with E-state index < -0.39 is 0 Å². The van der Waals surface area contributed by atoms with Crippen molar-refractivity contribution in [1.82, 2.24) is 4.90 Å². The molecule has 15 atom stereocenters. The zero-order valence-electron chi connectivity index (χ0n) is 53.4. The second-order valence-electron chi connectivity index (χ2n) is 28.4. The highest BCUT2D eigenvalue weighted by atomic mass is 16.7. The van der Waals surface area contributed by atoms with Crippen molar-refractivity contribution in [2.75, 3.05) is 39.5 Å². The van der Waals surface area contributed by atoms with Gasteiger partial charge in [-0.05, 0) is 219 Å². The number of hydrogen-bond donors (Lipinski definition) is 0. The number of Topliss-reactive ketones (excluding diaryl/α,β-unsaturated/α-hetero) is 2. The first-order valence-corrected chi connectivity index (χ1v) is 35.6. The Morgan fingerprint density at radius 3 is 1.40 bits per heavy atom. The average molecular weight is 1090 g/mol. The Bertz CT molecular complexity index is 1440. The third-order valence-corrected chi connectivity index (χ3v) is 21.5. The predicted octanol–water partition coefficient (Wildman–Crippen LogP) is 20.4. The molecule has 15 unspecified atom stereocenters. The van der Waals surface area contributed by atoms with Gasteiger partial charge in [-0.15, -0.1) is 0 Å². The molecule has 0 heterocycles. The topological polar surface area (TPSA) is 65.1 Å². The van der Waals surface area contributed by atoms with Crippen molar-refractivity contribution in [3.8, 4) is 0 Å². The van der Waals surface area contributed by atoms with Gasteiger partial charge in [0.2, 0.25) is 0 Å². The molecular formula is C72H133NO5. The Morgan fingerprint density at radius 1 is 0.385 bits per heavy atom. The van der Waals surface area contributed by atoms with E-state index in [2.05, 4.69) is 60.3 Å². The van der Waals surface area contributed by atoms with Gasteiger partial charge in [-0.3, -0.25) is 9.59 Å². The van der Waals surface area contributed by atoms with Gasteiger partial charge in [0.15, 0.2) is 6.29 Å². The Balaban J connectivity index is 0.877. The molecule has 0 saturated heterocycles. The van der Waals surface area contributed by atoms with E-state index in [0.717, 1.165) is 142 Å². The van der Waals surface area contributed by atoms with Crippen molar-refractivity contribution in [3.05, 3.63) is 0 Å². The Labute approximate surface area is 485 Å². The molecule has 0 amide bonds. The Morgan fingerprint density at radius 2 is 0.821 bits per heavy atom. The van der Waals surface area contributed by atoms with E-state index in [4.69, 9.17) is 14.2 Å². The van der Waals surface area contributed by atoms with Crippen LogP contribution in [-0.2, 0) is 23.8 Å². The van der Waals surface area contributed by atoms with Crippen LogP contribution in [0.4, 0.5) is 0 Å². The van der Waals surface area contributed by atoms with Gasteiger partial charge in [0.05, 0.1) is 12.7 Å². The molecule has 5 aliphatic rings. The molecule has 0 aromatic heterocycles. The number of ketones is 2.